The Hall–Kier alpha value is -2.02. The molecule has 0 fully saturated rings. The average molecular weight is 208 g/mol. The zero-order valence-electron chi connectivity index (χ0n) is 9.10. The standard InChI is InChI=1S/C15H12O/c1-16-15-13-7-3-2-5-11(13)9-10-12-6-4-8-14(12)15/h2-10H,1H3. The highest BCUT2D eigenvalue weighted by atomic mass is 16.5. The molecule has 0 heterocycles. The Morgan fingerprint density at radius 3 is 2.56 bits per heavy atom. The Labute approximate surface area is 94.6 Å². The molecule has 0 bridgehead atoms. The predicted octanol–water partition coefficient (Wildman–Crippen LogP) is 3.95. The minimum Gasteiger partial charge on any atom is -0.495 e. The van der Waals surface area contributed by atoms with Crippen LogP contribution in [0, 0.1) is 0 Å². The number of hydrogen-bond donors (Lipinski definition) is 0. The molecule has 1 heteroatoms. The molecule has 0 saturated carbocycles. The van der Waals surface area contributed by atoms with Gasteiger partial charge in [0.05, 0.1) is 7.11 Å². The van der Waals surface area contributed by atoms with Crippen LogP contribution in [0.1, 0.15) is 0 Å². The molecule has 2 aliphatic carbocycles. The second kappa shape index (κ2) is 3.53. The molecule has 0 N–H and O–H groups in total. The van der Waals surface area contributed by atoms with E-state index in [9.17, 15) is 0 Å². The normalized spacial score (nSPS) is 10.8. The third kappa shape index (κ3) is 1.25. The van der Waals surface area contributed by atoms with Crippen molar-refractivity contribution in [3.05, 3.63) is 54.6 Å². The van der Waals surface area contributed by atoms with Crippen molar-refractivity contribution in [3.63, 3.8) is 0 Å². The maximum absolute atomic E-state index is 5.56. The van der Waals surface area contributed by atoms with Crippen LogP contribution in [0.5, 0.6) is 5.75 Å². The van der Waals surface area contributed by atoms with E-state index in [1.54, 1.807) is 7.11 Å². The summed E-state index contributed by atoms with van der Waals surface area (Å²) in [5.41, 5.74) is 2.39. The monoisotopic (exact) mass is 208 g/mol. The fraction of sp³-hybridized carbons (Fsp3) is 0.0667. The lowest BCUT2D eigenvalue weighted by Crippen LogP contribution is -1.84. The lowest BCUT2D eigenvalue weighted by Gasteiger charge is -2.04. The van der Waals surface area contributed by atoms with E-state index in [1.807, 2.05) is 12.1 Å². The Bertz CT molecular complexity index is 613. The molecule has 3 rings (SSSR count). The lowest BCUT2D eigenvalue weighted by molar-refractivity contribution is 0.422. The van der Waals surface area contributed by atoms with Crippen molar-refractivity contribution in [2.45, 2.75) is 0 Å². The first-order valence-corrected chi connectivity index (χ1v) is 5.34. The van der Waals surface area contributed by atoms with E-state index in [0.717, 1.165) is 11.1 Å². The number of fused-ring (bicyclic) bond motifs is 2. The summed E-state index contributed by atoms with van der Waals surface area (Å²) in [6.45, 7) is 0. The van der Waals surface area contributed by atoms with Gasteiger partial charge in [0.2, 0.25) is 0 Å². The van der Waals surface area contributed by atoms with E-state index in [0.29, 0.717) is 0 Å². The van der Waals surface area contributed by atoms with E-state index in [1.165, 1.54) is 16.5 Å². The van der Waals surface area contributed by atoms with E-state index < -0.39 is 0 Å². The van der Waals surface area contributed by atoms with Crippen LogP contribution in [-0.4, -0.2) is 7.11 Å². The Kier molecular flexibility index (Phi) is 2.03. The second-order valence-corrected chi connectivity index (χ2v) is 3.85. The number of methoxy groups -OCH3 is 1. The number of benzene rings is 1. The molecule has 1 aromatic carbocycles. The molecule has 1 aromatic rings. The van der Waals surface area contributed by atoms with Gasteiger partial charge in [-0.15, -0.1) is 0 Å². The van der Waals surface area contributed by atoms with Gasteiger partial charge in [0, 0.05) is 10.9 Å². The zero-order chi connectivity index (χ0) is 11.0. The quantitative estimate of drug-likeness (QED) is 0.588. The Morgan fingerprint density at radius 2 is 1.69 bits per heavy atom. The highest BCUT2D eigenvalue weighted by molar-refractivity contribution is 5.94. The van der Waals surface area contributed by atoms with Crippen molar-refractivity contribution in [2.75, 3.05) is 7.11 Å². The minimum atomic E-state index is 0.959. The molecule has 0 radical (unpaired) electrons. The first kappa shape index (κ1) is 9.22. The van der Waals surface area contributed by atoms with Gasteiger partial charge in [0.15, 0.2) is 0 Å². The molecular formula is C15H12O. The Morgan fingerprint density at radius 1 is 0.812 bits per heavy atom. The molecular weight excluding hydrogens is 196 g/mol. The SMILES string of the molecule is COc1c2cccc-2ccc2ccccc12. The molecule has 0 aliphatic heterocycles. The molecule has 0 amide bonds. The van der Waals surface area contributed by atoms with Crippen molar-refractivity contribution < 1.29 is 4.74 Å². The fourth-order valence-electron chi connectivity index (χ4n) is 2.18. The summed E-state index contributed by atoms with van der Waals surface area (Å²) in [6.07, 6.45) is 0. The molecule has 0 unspecified atom stereocenters. The summed E-state index contributed by atoms with van der Waals surface area (Å²) in [4.78, 5) is 0. The van der Waals surface area contributed by atoms with Crippen molar-refractivity contribution in [1.82, 2.24) is 0 Å². The van der Waals surface area contributed by atoms with Crippen LogP contribution >= 0.6 is 0 Å². The van der Waals surface area contributed by atoms with Crippen molar-refractivity contribution >= 4 is 10.8 Å². The topological polar surface area (TPSA) is 9.23 Å². The Balaban J connectivity index is 2.52. The van der Waals surface area contributed by atoms with Gasteiger partial charge in [-0.2, -0.15) is 0 Å². The van der Waals surface area contributed by atoms with Crippen molar-refractivity contribution in [2.24, 2.45) is 0 Å². The summed E-state index contributed by atoms with van der Waals surface area (Å²) in [5.74, 6) is 0.959. The van der Waals surface area contributed by atoms with Crippen LogP contribution in [0.3, 0.4) is 0 Å². The first-order valence-electron chi connectivity index (χ1n) is 5.34. The first-order chi connectivity index (χ1) is 7.90. The van der Waals surface area contributed by atoms with Crippen molar-refractivity contribution in [3.8, 4) is 16.9 Å². The van der Waals surface area contributed by atoms with Gasteiger partial charge in [-0.05, 0) is 10.9 Å². The second-order valence-electron chi connectivity index (χ2n) is 3.85. The average Bonchev–Trinajstić information content (AvgIpc) is 2.72. The van der Waals surface area contributed by atoms with Gasteiger partial charge >= 0.3 is 0 Å². The van der Waals surface area contributed by atoms with Gasteiger partial charge in [0.25, 0.3) is 0 Å². The van der Waals surface area contributed by atoms with Crippen LogP contribution in [0.2, 0.25) is 0 Å². The van der Waals surface area contributed by atoms with E-state index in [-0.39, 0.29) is 0 Å². The third-order valence-electron chi connectivity index (χ3n) is 2.95. The largest absolute Gasteiger partial charge is 0.495 e. The fourth-order valence-corrected chi connectivity index (χ4v) is 2.18. The molecule has 0 aromatic heterocycles. The summed E-state index contributed by atoms with van der Waals surface area (Å²) >= 11 is 0. The molecule has 1 nitrogen and oxygen atoms in total. The number of hydrogen-bond acceptors (Lipinski definition) is 1. The van der Waals surface area contributed by atoms with Crippen LogP contribution in [0.25, 0.3) is 21.9 Å². The zero-order valence-corrected chi connectivity index (χ0v) is 9.10. The van der Waals surface area contributed by atoms with Gasteiger partial charge in [-0.3, -0.25) is 0 Å². The van der Waals surface area contributed by atoms with Crippen LogP contribution < -0.4 is 4.74 Å². The molecule has 78 valence electrons. The van der Waals surface area contributed by atoms with Crippen LogP contribution in [0.4, 0.5) is 0 Å². The third-order valence-corrected chi connectivity index (χ3v) is 2.95. The summed E-state index contributed by atoms with van der Waals surface area (Å²) in [5, 5.41) is 2.36. The molecule has 2 aliphatic rings. The maximum Gasteiger partial charge on any atom is 0.134 e. The van der Waals surface area contributed by atoms with Gasteiger partial charge in [-0.25, -0.2) is 0 Å². The van der Waals surface area contributed by atoms with Crippen LogP contribution in [0.15, 0.2) is 54.6 Å². The smallest absolute Gasteiger partial charge is 0.134 e. The van der Waals surface area contributed by atoms with Gasteiger partial charge < -0.3 is 4.74 Å². The lowest BCUT2D eigenvalue weighted by atomic mass is 10.1. The summed E-state index contributed by atoms with van der Waals surface area (Å²) in [7, 11) is 1.73. The summed E-state index contributed by atoms with van der Waals surface area (Å²) in [6, 6.07) is 18.8. The molecule has 0 saturated heterocycles. The molecule has 0 spiro atoms. The minimum absolute atomic E-state index is 0.959. The van der Waals surface area contributed by atoms with Gasteiger partial charge in [0.1, 0.15) is 5.75 Å². The van der Waals surface area contributed by atoms with E-state index in [2.05, 4.69) is 42.5 Å². The number of ether oxygens (including phenoxy) is 1. The van der Waals surface area contributed by atoms with Crippen LogP contribution in [-0.2, 0) is 0 Å². The number of rotatable bonds is 1. The molecule has 0 atom stereocenters. The van der Waals surface area contributed by atoms with Crippen molar-refractivity contribution in [1.29, 1.82) is 0 Å². The predicted molar refractivity (Wildman–Crippen MR) is 67.1 cm³/mol. The molecule has 16 heavy (non-hydrogen) atoms. The highest BCUT2D eigenvalue weighted by Gasteiger charge is 2.09. The highest BCUT2D eigenvalue weighted by Crippen LogP contribution is 2.37. The van der Waals surface area contributed by atoms with E-state index >= 15 is 0 Å². The summed E-state index contributed by atoms with van der Waals surface area (Å²) < 4.78 is 5.56. The maximum atomic E-state index is 5.56. The van der Waals surface area contributed by atoms with E-state index in [4.69, 9.17) is 4.74 Å². The van der Waals surface area contributed by atoms with Gasteiger partial charge in [-0.1, -0.05) is 54.6 Å².